The van der Waals surface area contributed by atoms with E-state index in [9.17, 15) is 0 Å². The molecule has 5 heteroatoms. The van der Waals surface area contributed by atoms with Crippen molar-refractivity contribution in [2.75, 3.05) is 0 Å². The van der Waals surface area contributed by atoms with Crippen LogP contribution < -0.4 is 0 Å². The molecule has 0 radical (unpaired) electrons. The van der Waals surface area contributed by atoms with Gasteiger partial charge in [-0.05, 0) is 75.1 Å². The summed E-state index contributed by atoms with van der Waals surface area (Å²) >= 11 is 0. The molecule has 0 N–H and O–H groups in total. The molecule has 242 valence electrons. The summed E-state index contributed by atoms with van der Waals surface area (Å²) in [5.41, 5.74) is 8.26. The fourth-order valence-corrected chi connectivity index (χ4v) is 7.70. The van der Waals surface area contributed by atoms with Crippen LogP contribution in [0.15, 0.2) is 173 Å². The molecule has 8 aromatic carbocycles. The number of hydrogen-bond donors (Lipinski definition) is 0. The zero-order valence-corrected chi connectivity index (χ0v) is 27.7. The van der Waals surface area contributed by atoms with Crippen LogP contribution in [0.25, 0.3) is 111 Å². The molecule has 0 atom stereocenters. The zero-order chi connectivity index (χ0) is 34.2. The molecule has 0 aliphatic carbocycles. The Balaban J connectivity index is 1.21. The van der Waals surface area contributed by atoms with Crippen LogP contribution in [0.2, 0.25) is 0 Å². The monoisotopic (exact) mass is 665 g/mol. The lowest BCUT2D eigenvalue weighted by Gasteiger charge is -2.13. The zero-order valence-electron chi connectivity index (χ0n) is 27.7. The van der Waals surface area contributed by atoms with Crippen LogP contribution in [0.1, 0.15) is 0 Å². The van der Waals surface area contributed by atoms with Crippen LogP contribution >= 0.6 is 0 Å². The fraction of sp³-hybridized carbons (Fsp3) is 0. The molecular formula is C47H27N3O2. The Morgan fingerprint density at radius 3 is 1.77 bits per heavy atom. The van der Waals surface area contributed by atoms with Gasteiger partial charge >= 0.3 is 0 Å². The number of rotatable bonds is 4. The first-order chi connectivity index (χ1) is 25.7. The number of hydrogen-bond acceptors (Lipinski definition) is 5. The topological polar surface area (TPSA) is 65.0 Å². The number of para-hydroxylation sites is 2. The minimum atomic E-state index is 0.577. The molecule has 0 saturated carbocycles. The molecule has 0 bridgehead atoms. The third-order valence-electron chi connectivity index (χ3n) is 10.1. The molecule has 0 saturated heterocycles. The standard InChI is InChI=1S/C47H27N3O2/c1-2-12-28(13-3-1)37-26-31(24-29-14-4-5-16-32(29)37)45-48-46(50-47(49-45)36-20-11-23-42-44(36)35-18-7-9-22-41(35)51-42)34-19-10-15-30-25-39-33-17-6-8-21-40(33)52-43(39)27-38(30)34/h1-27H. The van der Waals surface area contributed by atoms with Crippen molar-refractivity contribution in [1.82, 2.24) is 15.0 Å². The van der Waals surface area contributed by atoms with Crippen LogP contribution in [-0.2, 0) is 0 Å². The van der Waals surface area contributed by atoms with Gasteiger partial charge in [-0.1, -0.05) is 121 Å². The second kappa shape index (κ2) is 11.2. The molecule has 11 rings (SSSR count). The Morgan fingerprint density at radius 1 is 0.308 bits per heavy atom. The van der Waals surface area contributed by atoms with E-state index in [2.05, 4.69) is 109 Å². The Kier molecular flexibility index (Phi) is 6.18. The maximum Gasteiger partial charge on any atom is 0.164 e. The lowest BCUT2D eigenvalue weighted by Crippen LogP contribution is -2.01. The molecule has 0 amide bonds. The number of benzene rings is 8. The van der Waals surface area contributed by atoms with Crippen LogP contribution in [0.5, 0.6) is 0 Å². The van der Waals surface area contributed by atoms with E-state index in [0.29, 0.717) is 17.5 Å². The summed E-state index contributed by atoms with van der Waals surface area (Å²) < 4.78 is 12.6. The van der Waals surface area contributed by atoms with Gasteiger partial charge in [0.05, 0.1) is 0 Å². The van der Waals surface area contributed by atoms with Crippen molar-refractivity contribution in [2.45, 2.75) is 0 Å². The summed E-state index contributed by atoms with van der Waals surface area (Å²) in [6.45, 7) is 0. The van der Waals surface area contributed by atoms with E-state index in [1.165, 1.54) is 5.39 Å². The number of fused-ring (bicyclic) bond motifs is 8. The van der Waals surface area contributed by atoms with Gasteiger partial charge in [0.25, 0.3) is 0 Å². The minimum absolute atomic E-state index is 0.577. The molecule has 3 heterocycles. The molecule has 0 aliphatic heterocycles. The average molecular weight is 666 g/mol. The van der Waals surface area contributed by atoms with Crippen molar-refractivity contribution in [1.29, 1.82) is 0 Å². The number of aromatic nitrogens is 3. The van der Waals surface area contributed by atoms with Crippen LogP contribution in [0.4, 0.5) is 0 Å². The van der Waals surface area contributed by atoms with E-state index in [0.717, 1.165) is 87.9 Å². The van der Waals surface area contributed by atoms with Crippen molar-refractivity contribution < 1.29 is 8.83 Å². The van der Waals surface area contributed by atoms with Gasteiger partial charge in [-0.25, -0.2) is 15.0 Å². The van der Waals surface area contributed by atoms with Crippen molar-refractivity contribution in [3.05, 3.63) is 164 Å². The van der Waals surface area contributed by atoms with E-state index < -0.39 is 0 Å². The summed E-state index contributed by atoms with van der Waals surface area (Å²) in [4.78, 5) is 15.8. The number of nitrogens with zero attached hydrogens (tertiary/aromatic N) is 3. The third-order valence-corrected chi connectivity index (χ3v) is 10.1. The average Bonchev–Trinajstić information content (AvgIpc) is 3.77. The predicted molar refractivity (Wildman–Crippen MR) is 211 cm³/mol. The second-order valence-electron chi connectivity index (χ2n) is 13.2. The van der Waals surface area contributed by atoms with E-state index in [1.807, 2.05) is 54.6 Å². The first kappa shape index (κ1) is 28.7. The first-order valence-electron chi connectivity index (χ1n) is 17.3. The van der Waals surface area contributed by atoms with Gasteiger partial charge in [-0.15, -0.1) is 0 Å². The van der Waals surface area contributed by atoms with Gasteiger partial charge in [0.1, 0.15) is 22.3 Å². The summed E-state index contributed by atoms with van der Waals surface area (Å²) in [6, 6.07) is 56.3. The van der Waals surface area contributed by atoms with E-state index >= 15 is 0 Å². The Morgan fingerprint density at radius 2 is 0.904 bits per heavy atom. The molecule has 5 nitrogen and oxygen atoms in total. The number of furan rings is 2. The molecule has 0 spiro atoms. The van der Waals surface area contributed by atoms with Crippen molar-refractivity contribution in [3.63, 3.8) is 0 Å². The van der Waals surface area contributed by atoms with Gasteiger partial charge in [0, 0.05) is 38.2 Å². The lowest BCUT2D eigenvalue weighted by molar-refractivity contribution is 0.669. The van der Waals surface area contributed by atoms with Crippen LogP contribution in [-0.4, -0.2) is 15.0 Å². The smallest absolute Gasteiger partial charge is 0.164 e. The maximum absolute atomic E-state index is 6.35. The Bertz CT molecular complexity index is 3190. The highest BCUT2D eigenvalue weighted by Crippen LogP contribution is 2.40. The highest BCUT2D eigenvalue weighted by atomic mass is 16.3. The molecule has 3 aromatic heterocycles. The van der Waals surface area contributed by atoms with E-state index in [1.54, 1.807) is 0 Å². The molecule has 11 aromatic rings. The summed E-state index contributed by atoms with van der Waals surface area (Å²) in [6.07, 6.45) is 0. The minimum Gasteiger partial charge on any atom is -0.456 e. The van der Waals surface area contributed by atoms with Gasteiger partial charge in [0.15, 0.2) is 17.5 Å². The van der Waals surface area contributed by atoms with Crippen molar-refractivity contribution in [3.8, 4) is 45.3 Å². The molecule has 0 fully saturated rings. The quantitative estimate of drug-likeness (QED) is 0.187. The predicted octanol–water partition coefficient (Wildman–Crippen LogP) is 12.6. The lowest BCUT2D eigenvalue weighted by atomic mass is 9.95. The van der Waals surface area contributed by atoms with E-state index in [4.69, 9.17) is 23.8 Å². The molecular weight excluding hydrogens is 639 g/mol. The van der Waals surface area contributed by atoms with Crippen LogP contribution in [0, 0.1) is 0 Å². The van der Waals surface area contributed by atoms with Crippen molar-refractivity contribution in [2.24, 2.45) is 0 Å². The summed E-state index contributed by atoms with van der Waals surface area (Å²) in [5, 5.41) is 8.56. The summed E-state index contributed by atoms with van der Waals surface area (Å²) in [5.74, 6) is 1.75. The van der Waals surface area contributed by atoms with Gasteiger partial charge in [-0.2, -0.15) is 0 Å². The highest BCUT2D eigenvalue weighted by molar-refractivity contribution is 6.13. The molecule has 52 heavy (non-hydrogen) atoms. The van der Waals surface area contributed by atoms with E-state index in [-0.39, 0.29) is 0 Å². The van der Waals surface area contributed by atoms with Crippen molar-refractivity contribution >= 4 is 65.4 Å². The second-order valence-corrected chi connectivity index (χ2v) is 13.2. The maximum atomic E-state index is 6.35. The Labute approximate surface area is 297 Å². The largest absolute Gasteiger partial charge is 0.456 e. The highest BCUT2D eigenvalue weighted by Gasteiger charge is 2.20. The molecule has 0 aliphatic rings. The third kappa shape index (κ3) is 4.46. The van der Waals surface area contributed by atoms with Gasteiger partial charge in [0.2, 0.25) is 0 Å². The Hall–Kier alpha value is -7.11. The van der Waals surface area contributed by atoms with Gasteiger partial charge < -0.3 is 8.83 Å². The molecule has 0 unspecified atom stereocenters. The fourth-order valence-electron chi connectivity index (χ4n) is 7.70. The SMILES string of the molecule is c1ccc(-c2cc(-c3nc(-c4cccc5cc6c(cc45)oc4ccccc46)nc(-c4cccc5oc6ccccc6c45)n3)cc3ccccc23)cc1. The normalized spacial score (nSPS) is 11.8. The van der Waals surface area contributed by atoms with Crippen LogP contribution in [0.3, 0.4) is 0 Å². The summed E-state index contributed by atoms with van der Waals surface area (Å²) in [7, 11) is 0. The van der Waals surface area contributed by atoms with Gasteiger partial charge in [-0.3, -0.25) is 0 Å². The first-order valence-corrected chi connectivity index (χ1v) is 17.3.